The van der Waals surface area contributed by atoms with Crippen molar-refractivity contribution in [3.05, 3.63) is 34.9 Å². The highest BCUT2D eigenvalue weighted by Gasteiger charge is 2.22. The minimum atomic E-state index is -0.998. The monoisotopic (exact) mass is 399 g/mol. The van der Waals surface area contributed by atoms with E-state index in [4.69, 9.17) is 21.1 Å². The Bertz CT molecular complexity index is 632. The van der Waals surface area contributed by atoms with Gasteiger partial charge in [0.1, 0.15) is 0 Å². The van der Waals surface area contributed by atoms with Crippen molar-refractivity contribution in [3.8, 4) is 0 Å². The highest BCUT2D eigenvalue weighted by Crippen LogP contribution is 2.21. The van der Waals surface area contributed by atoms with E-state index in [2.05, 4.69) is 5.32 Å². The van der Waals surface area contributed by atoms with Gasteiger partial charge in [0.15, 0.2) is 0 Å². The van der Waals surface area contributed by atoms with Crippen LogP contribution in [0, 0.1) is 5.92 Å². The van der Waals surface area contributed by atoms with Gasteiger partial charge in [0.05, 0.1) is 11.8 Å². The second-order valence-electron chi connectivity index (χ2n) is 6.37. The van der Waals surface area contributed by atoms with E-state index >= 15 is 0 Å². The molecule has 0 saturated heterocycles. The number of rotatable bonds is 10. The quantitative estimate of drug-likeness (QED) is 0.456. The number of alkyl carbamates (subject to hydrolysis) is 1. The summed E-state index contributed by atoms with van der Waals surface area (Å²) in [6.45, 7) is 5.35. The highest BCUT2D eigenvalue weighted by atomic mass is 35.5. The van der Waals surface area contributed by atoms with Crippen LogP contribution >= 0.6 is 11.6 Å². The number of nitrogens with one attached hydrogen (secondary N) is 1. The fourth-order valence-electron chi connectivity index (χ4n) is 2.25. The number of carbonyl (C=O) groups excluding carboxylic acids is 2. The molecule has 150 valence electrons. The van der Waals surface area contributed by atoms with E-state index in [1.54, 1.807) is 38.1 Å². The predicted octanol–water partition coefficient (Wildman–Crippen LogP) is 3.95. The molecule has 1 aromatic rings. The first-order valence-electron chi connectivity index (χ1n) is 8.87. The Morgan fingerprint density at radius 2 is 1.74 bits per heavy atom. The number of aliphatic carboxylic acids is 1. The van der Waals surface area contributed by atoms with Crippen LogP contribution in [0.25, 0.3) is 0 Å². The summed E-state index contributed by atoms with van der Waals surface area (Å²) in [5, 5.41) is 12.4. The summed E-state index contributed by atoms with van der Waals surface area (Å²) in [6, 6.07) is 6.52. The molecule has 0 aliphatic carbocycles. The van der Waals surface area contributed by atoms with Crippen LogP contribution in [0.2, 0.25) is 5.02 Å². The van der Waals surface area contributed by atoms with Crippen LogP contribution in [-0.2, 0) is 19.1 Å². The molecule has 2 atom stereocenters. The van der Waals surface area contributed by atoms with E-state index < -0.39 is 30.2 Å². The fourth-order valence-corrected chi connectivity index (χ4v) is 2.38. The van der Waals surface area contributed by atoms with Crippen molar-refractivity contribution < 1.29 is 29.0 Å². The fraction of sp³-hybridized carbons (Fsp3) is 0.526. The number of amides is 1. The zero-order chi connectivity index (χ0) is 20.4. The summed E-state index contributed by atoms with van der Waals surface area (Å²) in [7, 11) is 0. The van der Waals surface area contributed by atoms with Gasteiger partial charge in [-0.3, -0.25) is 9.59 Å². The molecule has 0 aliphatic heterocycles. The van der Waals surface area contributed by atoms with Gasteiger partial charge in [0.25, 0.3) is 0 Å². The number of carboxylic acids is 1. The van der Waals surface area contributed by atoms with E-state index in [1.807, 2.05) is 6.92 Å². The van der Waals surface area contributed by atoms with Crippen molar-refractivity contribution in [2.45, 2.75) is 52.2 Å². The average molecular weight is 400 g/mol. The largest absolute Gasteiger partial charge is 0.481 e. The normalized spacial score (nSPS) is 12.9. The van der Waals surface area contributed by atoms with E-state index in [1.165, 1.54) is 0 Å². The first-order valence-corrected chi connectivity index (χ1v) is 9.25. The minimum Gasteiger partial charge on any atom is -0.481 e. The second-order valence-corrected chi connectivity index (χ2v) is 6.81. The highest BCUT2D eigenvalue weighted by molar-refractivity contribution is 6.30. The third-order valence-electron chi connectivity index (χ3n) is 3.75. The molecular weight excluding hydrogens is 374 g/mol. The summed E-state index contributed by atoms with van der Waals surface area (Å²) >= 11 is 5.81. The molecule has 0 radical (unpaired) electrons. The maximum absolute atomic E-state index is 11.9. The van der Waals surface area contributed by atoms with E-state index in [0.29, 0.717) is 23.4 Å². The molecule has 0 heterocycles. The Morgan fingerprint density at radius 3 is 2.26 bits per heavy atom. The molecule has 1 aromatic carbocycles. The SMILES string of the molecule is CCCC(OC(=O)NCCC(C(=O)O)c1ccc(Cl)cc1)OC(=O)C(C)C. The number of carbonyl (C=O) groups is 3. The third-order valence-corrected chi connectivity index (χ3v) is 4.01. The molecule has 2 N–H and O–H groups in total. The maximum atomic E-state index is 11.9. The molecule has 1 rings (SSSR count). The summed E-state index contributed by atoms with van der Waals surface area (Å²) < 4.78 is 10.3. The number of halogens is 1. The van der Waals surface area contributed by atoms with E-state index in [-0.39, 0.29) is 18.9 Å². The van der Waals surface area contributed by atoms with Gasteiger partial charge in [-0.05, 0) is 30.5 Å². The number of hydrogen-bond donors (Lipinski definition) is 2. The topological polar surface area (TPSA) is 102 Å². The van der Waals surface area contributed by atoms with Gasteiger partial charge < -0.3 is 19.9 Å². The zero-order valence-corrected chi connectivity index (χ0v) is 16.5. The van der Waals surface area contributed by atoms with Crippen molar-refractivity contribution in [3.63, 3.8) is 0 Å². The van der Waals surface area contributed by atoms with Gasteiger partial charge in [-0.25, -0.2) is 4.79 Å². The van der Waals surface area contributed by atoms with Crippen molar-refractivity contribution in [2.75, 3.05) is 6.54 Å². The number of esters is 1. The lowest BCUT2D eigenvalue weighted by Crippen LogP contribution is -2.33. The smallest absolute Gasteiger partial charge is 0.410 e. The van der Waals surface area contributed by atoms with Crippen LogP contribution in [0.1, 0.15) is 51.5 Å². The molecule has 7 nitrogen and oxygen atoms in total. The lowest BCUT2D eigenvalue weighted by molar-refractivity contribution is -0.172. The van der Waals surface area contributed by atoms with E-state index in [0.717, 1.165) is 0 Å². The van der Waals surface area contributed by atoms with Crippen LogP contribution < -0.4 is 5.32 Å². The molecule has 27 heavy (non-hydrogen) atoms. The first-order chi connectivity index (χ1) is 12.7. The lowest BCUT2D eigenvalue weighted by atomic mass is 9.96. The predicted molar refractivity (Wildman–Crippen MR) is 101 cm³/mol. The second kappa shape index (κ2) is 11.4. The third kappa shape index (κ3) is 8.30. The number of ether oxygens (including phenoxy) is 2. The molecule has 8 heteroatoms. The summed E-state index contributed by atoms with van der Waals surface area (Å²) in [4.78, 5) is 35.1. The van der Waals surface area contributed by atoms with Gasteiger partial charge in [-0.1, -0.05) is 44.5 Å². The van der Waals surface area contributed by atoms with Crippen LogP contribution in [0.5, 0.6) is 0 Å². The lowest BCUT2D eigenvalue weighted by Gasteiger charge is -2.19. The summed E-state index contributed by atoms with van der Waals surface area (Å²) in [5.41, 5.74) is 0.594. The van der Waals surface area contributed by atoms with Crippen molar-refractivity contribution in [1.82, 2.24) is 5.32 Å². The minimum absolute atomic E-state index is 0.0927. The van der Waals surface area contributed by atoms with Crippen LogP contribution in [0.4, 0.5) is 4.79 Å². The Morgan fingerprint density at radius 1 is 1.11 bits per heavy atom. The molecule has 0 spiro atoms. The number of carboxylic acid groups (broad SMARTS) is 1. The molecule has 0 bridgehead atoms. The standard InChI is InChI=1S/C19H26ClNO6/c1-4-5-16(26-18(24)12(2)3)27-19(25)21-11-10-15(17(22)23)13-6-8-14(20)9-7-13/h6-9,12,15-16H,4-5,10-11H2,1-3H3,(H,21,25)(H,22,23). The van der Waals surface area contributed by atoms with Crippen molar-refractivity contribution in [2.24, 2.45) is 5.92 Å². The molecule has 0 aromatic heterocycles. The first kappa shape index (κ1) is 22.8. The Hall–Kier alpha value is -2.28. The zero-order valence-electron chi connectivity index (χ0n) is 15.7. The number of hydrogen-bond acceptors (Lipinski definition) is 5. The Labute approximate surface area is 164 Å². The van der Waals surface area contributed by atoms with Crippen LogP contribution in [0.15, 0.2) is 24.3 Å². The van der Waals surface area contributed by atoms with Gasteiger partial charge >= 0.3 is 18.0 Å². The Kier molecular flexibility index (Phi) is 9.64. The van der Waals surface area contributed by atoms with Gasteiger partial charge in [-0.15, -0.1) is 0 Å². The maximum Gasteiger partial charge on any atom is 0.410 e. The van der Waals surface area contributed by atoms with Crippen molar-refractivity contribution in [1.29, 1.82) is 0 Å². The van der Waals surface area contributed by atoms with Crippen molar-refractivity contribution >= 4 is 29.6 Å². The molecule has 2 unspecified atom stereocenters. The van der Waals surface area contributed by atoms with Crippen LogP contribution in [-0.4, -0.2) is 36.0 Å². The molecule has 0 saturated carbocycles. The van der Waals surface area contributed by atoms with Crippen LogP contribution in [0.3, 0.4) is 0 Å². The summed E-state index contributed by atoms with van der Waals surface area (Å²) in [6.07, 6.45) is -0.493. The average Bonchev–Trinajstić information content (AvgIpc) is 2.59. The Balaban J connectivity index is 2.54. The molecular formula is C19H26ClNO6. The summed E-state index contributed by atoms with van der Waals surface area (Å²) in [5.74, 6) is -2.56. The van der Waals surface area contributed by atoms with Gasteiger partial charge in [0, 0.05) is 18.0 Å². The molecule has 0 fully saturated rings. The number of benzene rings is 1. The van der Waals surface area contributed by atoms with Gasteiger partial charge in [-0.2, -0.15) is 0 Å². The van der Waals surface area contributed by atoms with E-state index in [9.17, 15) is 19.5 Å². The molecule has 1 amide bonds. The molecule has 0 aliphatic rings. The van der Waals surface area contributed by atoms with Gasteiger partial charge in [0.2, 0.25) is 6.29 Å².